The highest BCUT2D eigenvalue weighted by atomic mass is 16.6. The summed E-state index contributed by atoms with van der Waals surface area (Å²) in [5, 5.41) is 11.6. The number of fused-ring (bicyclic) bond motifs is 1. The summed E-state index contributed by atoms with van der Waals surface area (Å²) in [6.07, 6.45) is -0.739. The number of imidazole rings is 1. The first-order chi connectivity index (χ1) is 9.28. The first-order valence-corrected chi connectivity index (χ1v) is 6.18. The quantitative estimate of drug-likeness (QED) is 0.851. The van der Waals surface area contributed by atoms with Crippen molar-refractivity contribution >= 4 is 17.9 Å². The Kier molecular flexibility index (Phi) is 3.67. The third-order valence-electron chi connectivity index (χ3n) is 2.56. The van der Waals surface area contributed by atoms with Gasteiger partial charge in [-0.1, -0.05) is 0 Å². The van der Waals surface area contributed by atoms with Gasteiger partial charge in [-0.15, -0.1) is 0 Å². The maximum atomic E-state index is 11.7. The summed E-state index contributed by atoms with van der Waals surface area (Å²) >= 11 is 0. The molecule has 2 heterocycles. The molecule has 0 saturated carbocycles. The number of carboxylic acids is 1. The molecule has 1 aromatic rings. The Morgan fingerprint density at radius 1 is 1.45 bits per heavy atom. The Balaban J connectivity index is 2.25. The molecule has 1 amide bonds. The molecule has 0 bridgehead atoms. The van der Waals surface area contributed by atoms with Gasteiger partial charge in [-0.05, 0) is 20.8 Å². The van der Waals surface area contributed by atoms with E-state index in [1.807, 2.05) is 0 Å². The number of aromatic carboxylic acids is 1. The molecule has 8 heteroatoms. The highest BCUT2D eigenvalue weighted by Crippen LogP contribution is 2.21. The molecule has 0 aliphatic carbocycles. The Morgan fingerprint density at radius 2 is 2.15 bits per heavy atom. The SMILES string of the molecule is CC(C)(C)OC(=O)Nc1nc2n(c1C(=O)O)CCOC2. The van der Waals surface area contributed by atoms with E-state index < -0.39 is 17.7 Å². The van der Waals surface area contributed by atoms with E-state index in [1.165, 1.54) is 4.57 Å². The minimum absolute atomic E-state index is 0.0211. The smallest absolute Gasteiger partial charge is 0.413 e. The number of ether oxygens (including phenoxy) is 2. The molecule has 2 N–H and O–H groups in total. The predicted octanol–water partition coefficient (Wildman–Crippen LogP) is 1.46. The molecule has 0 radical (unpaired) electrons. The molecule has 0 saturated heterocycles. The number of anilines is 1. The van der Waals surface area contributed by atoms with Gasteiger partial charge in [-0.3, -0.25) is 5.32 Å². The van der Waals surface area contributed by atoms with Gasteiger partial charge in [-0.2, -0.15) is 0 Å². The Labute approximate surface area is 115 Å². The highest BCUT2D eigenvalue weighted by molar-refractivity contribution is 5.96. The summed E-state index contributed by atoms with van der Waals surface area (Å²) in [7, 11) is 0. The Hall–Kier alpha value is -2.09. The number of nitrogens with zero attached hydrogens (tertiary/aromatic N) is 2. The zero-order valence-corrected chi connectivity index (χ0v) is 11.6. The standard InChI is InChI=1S/C12H17N3O5/c1-12(2,3)20-11(18)14-9-8(10(16)17)15-4-5-19-6-7(15)13-9/h4-6H2,1-3H3,(H,14,18)(H,16,17). The lowest BCUT2D eigenvalue weighted by Crippen LogP contribution is -2.28. The molecule has 0 aromatic carbocycles. The van der Waals surface area contributed by atoms with Gasteiger partial charge in [0.1, 0.15) is 18.0 Å². The number of hydrogen-bond acceptors (Lipinski definition) is 5. The van der Waals surface area contributed by atoms with E-state index in [0.717, 1.165) is 0 Å². The number of carboxylic acid groups (broad SMARTS) is 1. The number of aromatic nitrogens is 2. The minimum Gasteiger partial charge on any atom is -0.476 e. The molecule has 110 valence electrons. The van der Waals surface area contributed by atoms with Crippen molar-refractivity contribution in [1.29, 1.82) is 0 Å². The molecular formula is C12H17N3O5. The zero-order chi connectivity index (χ0) is 14.9. The third-order valence-corrected chi connectivity index (χ3v) is 2.56. The molecule has 20 heavy (non-hydrogen) atoms. The van der Waals surface area contributed by atoms with Crippen LogP contribution in [0.15, 0.2) is 0 Å². The van der Waals surface area contributed by atoms with Crippen LogP contribution in [0.2, 0.25) is 0 Å². The fraction of sp³-hybridized carbons (Fsp3) is 0.583. The summed E-state index contributed by atoms with van der Waals surface area (Å²) in [4.78, 5) is 27.1. The second kappa shape index (κ2) is 5.12. The second-order valence-corrected chi connectivity index (χ2v) is 5.36. The maximum Gasteiger partial charge on any atom is 0.413 e. The van der Waals surface area contributed by atoms with Crippen LogP contribution < -0.4 is 5.32 Å². The first kappa shape index (κ1) is 14.3. The molecule has 1 aliphatic heterocycles. The van der Waals surface area contributed by atoms with Crippen molar-refractivity contribution in [2.45, 2.75) is 39.5 Å². The Bertz CT molecular complexity index is 544. The van der Waals surface area contributed by atoms with E-state index in [1.54, 1.807) is 20.8 Å². The fourth-order valence-electron chi connectivity index (χ4n) is 1.87. The van der Waals surface area contributed by atoms with Crippen LogP contribution >= 0.6 is 0 Å². The molecule has 0 unspecified atom stereocenters. The van der Waals surface area contributed by atoms with Crippen LogP contribution in [0.5, 0.6) is 0 Å². The normalized spacial score (nSPS) is 14.6. The summed E-state index contributed by atoms with van der Waals surface area (Å²) in [6, 6.07) is 0. The van der Waals surface area contributed by atoms with Crippen molar-refractivity contribution in [1.82, 2.24) is 9.55 Å². The topological polar surface area (TPSA) is 103 Å². The van der Waals surface area contributed by atoms with Crippen molar-refractivity contribution < 1.29 is 24.2 Å². The number of nitrogens with one attached hydrogen (secondary N) is 1. The minimum atomic E-state index is -1.16. The average Bonchev–Trinajstić information content (AvgIpc) is 2.63. The van der Waals surface area contributed by atoms with Crippen LogP contribution in [-0.2, 0) is 22.6 Å². The van der Waals surface area contributed by atoms with E-state index in [0.29, 0.717) is 19.0 Å². The summed E-state index contributed by atoms with van der Waals surface area (Å²) in [5.41, 5.74) is -0.732. The van der Waals surface area contributed by atoms with Gasteiger partial charge in [0.15, 0.2) is 11.5 Å². The molecule has 2 rings (SSSR count). The number of rotatable bonds is 2. The first-order valence-electron chi connectivity index (χ1n) is 6.18. The van der Waals surface area contributed by atoms with Gasteiger partial charge in [0.25, 0.3) is 0 Å². The van der Waals surface area contributed by atoms with Crippen LogP contribution in [0.3, 0.4) is 0 Å². The summed E-state index contributed by atoms with van der Waals surface area (Å²) in [5.74, 6) is -0.705. The third kappa shape index (κ3) is 3.08. The van der Waals surface area contributed by atoms with E-state index in [9.17, 15) is 14.7 Å². The predicted molar refractivity (Wildman–Crippen MR) is 68.7 cm³/mol. The lowest BCUT2D eigenvalue weighted by molar-refractivity contribution is 0.0635. The van der Waals surface area contributed by atoms with Gasteiger partial charge in [0.05, 0.1) is 6.61 Å². The lowest BCUT2D eigenvalue weighted by atomic mass is 10.2. The van der Waals surface area contributed by atoms with Crippen LogP contribution in [-0.4, -0.2) is 38.9 Å². The highest BCUT2D eigenvalue weighted by Gasteiger charge is 2.27. The number of amides is 1. The van der Waals surface area contributed by atoms with E-state index in [4.69, 9.17) is 9.47 Å². The van der Waals surface area contributed by atoms with Gasteiger partial charge in [-0.25, -0.2) is 14.6 Å². The van der Waals surface area contributed by atoms with Crippen molar-refractivity contribution in [3.05, 3.63) is 11.5 Å². The van der Waals surface area contributed by atoms with E-state index in [-0.39, 0.29) is 18.1 Å². The van der Waals surface area contributed by atoms with Crippen LogP contribution in [0.4, 0.5) is 10.6 Å². The molecule has 8 nitrogen and oxygen atoms in total. The maximum absolute atomic E-state index is 11.7. The zero-order valence-electron chi connectivity index (χ0n) is 11.6. The van der Waals surface area contributed by atoms with Crippen LogP contribution in [0.25, 0.3) is 0 Å². The molecule has 0 fully saturated rings. The van der Waals surface area contributed by atoms with E-state index in [2.05, 4.69) is 10.3 Å². The molecule has 1 aliphatic rings. The molecule has 1 aromatic heterocycles. The fourth-order valence-corrected chi connectivity index (χ4v) is 1.87. The van der Waals surface area contributed by atoms with Crippen molar-refractivity contribution in [3.63, 3.8) is 0 Å². The summed E-state index contributed by atoms with van der Waals surface area (Å²) in [6.45, 7) is 6.18. The van der Waals surface area contributed by atoms with Crippen molar-refractivity contribution in [2.24, 2.45) is 0 Å². The van der Waals surface area contributed by atoms with Gasteiger partial charge < -0.3 is 19.1 Å². The monoisotopic (exact) mass is 283 g/mol. The van der Waals surface area contributed by atoms with E-state index >= 15 is 0 Å². The Morgan fingerprint density at radius 3 is 2.75 bits per heavy atom. The average molecular weight is 283 g/mol. The van der Waals surface area contributed by atoms with Gasteiger partial charge >= 0.3 is 12.1 Å². The molecule has 0 spiro atoms. The van der Waals surface area contributed by atoms with Gasteiger partial charge in [0.2, 0.25) is 0 Å². The van der Waals surface area contributed by atoms with Crippen LogP contribution in [0.1, 0.15) is 37.1 Å². The van der Waals surface area contributed by atoms with Crippen molar-refractivity contribution in [2.75, 3.05) is 11.9 Å². The number of carbonyl (C=O) groups is 2. The largest absolute Gasteiger partial charge is 0.476 e. The number of carbonyl (C=O) groups excluding carboxylic acids is 1. The summed E-state index contributed by atoms with van der Waals surface area (Å²) < 4.78 is 11.8. The van der Waals surface area contributed by atoms with Crippen molar-refractivity contribution in [3.8, 4) is 0 Å². The number of hydrogen-bond donors (Lipinski definition) is 2. The van der Waals surface area contributed by atoms with Crippen LogP contribution in [0, 0.1) is 0 Å². The molecular weight excluding hydrogens is 266 g/mol. The van der Waals surface area contributed by atoms with Gasteiger partial charge in [0, 0.05) is 6.54 Å². The second-order valence-electron chi connectivity index (χ2n) is 5.36. The lowest BCUT2D eigenvalue weighted by Gasteiger charge is -2.19. The molecule has 0 atom stereocenters.